The fraction of sp³-hybridized carbons (Fsp3) is 0.188. The van der Waals surface area contributed by atoms with Gasteiger partial charge in [0.1, 0.15) is 5.82 Å². The highest BCUT2D eigenvalue weighted by Gasteiger charge is 2.19. The molecule has 1 amide bonds. The highest BCUT2D eigenvalue weighted by molar-refractivity contribution is 6.32. The van der Waals surface area contributed by atoms with E-state index in [-0.39, 0.29) is 17.1 Å². The number of esters is 1. The van der Waals surface area contributed by atoms with E-state index in [1.807, 2.05) is 0 Å². The first-order valence-corrected chi connectivity index (χ1v) is 7.19. The van der Waals surface area contributed by atoms with Crippen molar-refractivity contribution in [1.82, 2.24) is 4.98 Å². The van der Waals surface area contributed by atoms with E-state index in [1.54, 1.807) is 18.2 Å². The first-order chi connectivity index (χ1) is 11.0. The van der Waals surface area contributed by atoms with Crippen molar-refractivity contribution >= 4 is 29.2 Å². The second kappa shape index (κ2) is 7.69. The minimum atomic E-state index is -1.05. The number of pyridine rings is 1. The quantitative estimate of drug-likeness (QED) is 0.673. The molecule has 0 spiro atoms. The lowest BCUT2D eigenvalue weighted by Gasteiger charge is -2.14. The number of hydrogen-bond acceptors (Lipinski definition) is 4. The lowest BCUT2D eigenvalue weighted by atomic mass is 10.1. The summed E-state index contributed by atoms with van der Waals surface area (Å²) in [7, 11) is 0. The van der Waals surface area contributed by atoms with E-state index in [9.17, 15) is 14.0 Å². The van der Waals surface area contributed by atoms with Gasteiger partial charge in [-0.3, -0.25) is 9.59 Å². The summed E-state index contributed by atoms with van der Waals surface area (Å²) < 4.78 is 18.5. The molecule has 1 atom stereocenters. The zero-order valence-corrected chi connectivity index (χ0v) is 13.0. The topological polar surface area (TPSA) is 68.3 Å². The van der Waals surface area contributed by atoms with Gasteiger partial charge in [-0.1, -0.05) is 29.8 Å². The third-order valence-electron chi connectivity index (χ3n) is 2.99. The van der Waals surface area contributed by atoms with Gasteiger partial charge in [-0.25, -0.2) is 9.37 Å². The number of carbonyl (C=O) groups excluding carboxylic acids is 2. The van der Waals surface area contributed by atoms with Crippen molar-refractivity contribution < 1.29 is 18.7 Å². The molecular weight excluding hydrogens is 323 g/mol. The molecule has 1 heterocycles. The fourth-order valence-electron chi connectivity index (χ4n) is 1.80. The Morgan fingerprint density at radius 3 is 2.74 bits per heavy atom. The molecule has 1 aromatic heterocycles. The Kier molecular flexibility index (Phi) is 5.65. The molecule has 0 fully saturated rings. The molecule has 0 saturated heterocycles. The molecule has 0 aliphatic heterocycles. The first kappa shape index (κ1) is 16.9. The molecule has 1 aromatic carbocycles. The van der Waals surface area contributed by atoms with Crippen molar-refractivity contribution in [2.75, 3.05) is 5.32 Å². The van der Waals surface area contributed by atoms with E-state index >= 15 is 0 Å². The first-order valence-electron chi connectivity index (χ1n) is 6.81. The number of halogens is 2. The van der Waals surface area contributed by atoms with Crippen molar-refractivity contribution in [3.63, 3.8) is 0 Å². The van der Waals surface area contributed by atoms with Crippen molar-refractivity contribution in [2.45, 2.75) is 19.4 Å². The van der Waals surface area contributed by atoms with Gasteiger partial charge in [0.25, 0.3) is 5.91 Å². The summed E-state index contributed by atoms with van der Waals surface area (Å²) in [5, 5.41) is 2.64. The molecule has 7 heteroatoms. The minimum Gasteiger partial charge on any atom is -0.452 e. The Balaban J connectivity index is 1.92. The minimum absolute atomic E-state index is 0.130. The third-order valence-corrected chi connectivity index (χ3v) is 3.29. The van der Waals surface area contributed by atoms with Crippen LogP contribution in [0.3, 0.4) is 0 Å². The highest BCUT2D eigenvalue weighted by atomic mass is 35.5. The number of nitrogens with one attached hydrogen (secondary N) is 1. The summed E-state index contributed by atoms with van der Waals surface area (Å²) >= 11 is 5.83. The van der Waals surface area contributed by atoms with Crippen molar-refractivity contribution in [3.8, 4) is 0 Å². The summed E-state index contributed by atoms with van der Waals surface area (Å²) in [5.74, 6) is -1.75. The lowest BCUT2D eigenvalue weighted by molar-refractivity contribution is -0.152. The number of ether oxygens (including phenoxy) is 1. The van der Waals surface area contributed by atoms with Crippen molar-refractivity contribution in [2.24, 2.45) is 0 Å². The predicted molar refractivity (Wildman–Crippen MR) is 83.5 cm³/mol. The SMILES string of the molecule is C[C@@H](OC(=O)Cc1ccccc1F)C(=O)Nc1cccnc1Cl. The Bertz CT molecular complexity index is 724. The van der Waals surface area contributed by atoms with Crippen LogP contribution >= 0.6 is 11.6 Å². The molecule has 0 unspecified atom stereocenters. The number of rotatable bonds is 5. The third kappa shape index (κ3) is 4.75. The summed E-state index contributed by atoms with van der Waals surface area (Å²) in [6, 6.07) is 9.06. The van der Waals surface area contributed by atoms with E-state index in [0.717, 1.165) is 0 Å². The van der Waals surface area contributed by atoms with Gasteiger partial charge >= 0.3 is 5.97 Å². The molecule has 120 valence electrons. The smallest absolute Gasteiger partial charge is 0.311 e. The second-order valence-electron chi connectivity index (χ2n) is 4.73. The standard InChI is InChI=1S/C16H14ClFN2O3/c1-10(16(22)20-13-7-4-8-19-15(13)17)23-14(21)9-11-5-2-3-6-12(11)18/h2-8,10H,9H2,1H3,(H,20,22)/t10-/m1/s1. The van der Waals surface area contributed by atoms with Crippen LogP contribution in [0.5, 0.6) is 0 Å². The molecule has 0 bridgehead atoms. The maximum atomic E-state index is 13.5. The molecular formula is C16H14ClFN2O3. The normalized spacial score (nSPS) is 11.6. The Morgan fingerprint density at radius 2 is 2.04 bits per heavy atom. The van der Waals surface area contributed by atoms with Gasteiger partial charge in [-0.15, -0.1) is 0 Å². The van der Waals surface area contributed by atoms with E-state index in [4.69, 9.17) is 16.3 Å². The average Bonchev–Trinajstić information content (AvgIpc) is 2.51. The van der Waals surface area contributed by atoms with Crippen LogP contribution in [0.2, 0.25) is 5.15 Å². The van der Waals surface area contributed by atoms with Gasteiger partial charge in [0.2, 0.25) is 0 Å². The largest absolute Gasteiger partial charge is 0.452 e. The Labute approximate surface area is 137 Å². The Morgan fingerprint density at radius 1 is 1.30 bits per heavy atom. The molecule has 1 N–H and O–H groups in total. The second-order valence-corrected chi connectivity index (χ2v) is 5.09. The average molecular weight is 337 g/mol. The molecule has 0 aliphatic rings. The number of hydrogen-bond donors (Lipinski definition) is 1. The van der Waals surface area contributed by atoms with Crippen LogP contribution in [0.4, 0.5) is 10.1 Å². The van der Waals surface area contributed by atoms with Crippen LogP contribution in [-0.4, -0.2) is 23.0 Å². The summed E-state index contributed by atoms with van der Waals surface area (Å²) in [6.07, 6.45) is 0.180. The van der Waals surface area contributed by atoms with Gasteiger partial charge in [-0.05, 0) is 30.7 Å². The molecule has 23 heavy (non-hydrogen) atoms. The summed E-state index contributed by atoms with van der Waals surface area (Å²) in [4.78, 5) is 27.6. The van der Waals surface area contributed by atoms with Gasteiger partial charge in [0.05, 0.1) is 12.1 Å². The monoisotopic (exact) mass is 336 g/mol. The van der Waals surface area contributed by atoms with Gasteiger partial charge in [0, 0.05) is 6.20 Å². The lowest BCUT2D eigenvalue weighted by Crippen LogP contribution is -2.30. The van der Waals surface area contributed by atoms with Crippen LogP contribution in [0, 0.1) is 5.82 Å². The van der Waals surface area contributed by atoms with Crippen molar-refractivity contribution in [3.05, 3.63) is 59.1 Å². The molecule has 0 radical (unpaired) electrons. The Hall–Kier alpha value is -2.47. The van der Waals surface area contributed by atoms with Crippen LogP contribution in [0.25, 0.3) is 0 Å². The van der Waals surface area contributed by atoms with Crippen LogP contribution in [0.1, 0.15) is 12.5 Å². The maximum absolute atomic E-state index is 13.5. The van der Waals surface area contributed by atoms with E-state index in [0.29, 0.717) is 5.69 Å². The van der Waals surface area contributed by atoms with Crippen LogP contribution in [0.15, 0.2) is 42.6 Å². The summed E-state index contributed by atoms with van der Waals surface area (Å²) in [5.41, 5.74) is 0.525. The highest BCUT2D eigenvalue weighted by Crippen LogP contribution is 2.18. The molecule has 2 aromatic rings. The van der Waals surface area contributed by atoms with Gasteiger partial charge in [0.15, 0.2) is 11.3 Å². The molecule has 0 saturated carbocycles. The maximum Gasteiger partial charge on any atom is 0.311 e. The van der Waals surface area contributed by atoms with E-state index < -0.39 is 23.8 Å². The van der Waals surface area contributed by atoms with Crippen LogP contribution < -0.4 is 5.32 Å². The molecule has 2 rings (SSSR count). The van der Waals surface area contributed by atoms with E-state index in [2.05, 4.69) is 10.3 Å². The number of carbonyl (C=O) groups is 2. The number of aromatic nitrogens is 1. The van der Waals surface area contributed by atoms with Gasteiger partial charge < -0.3 is 10.1 Å². The number of amides is 1. The summed E-state index contributed by atoms with van der Waals surface area (Å²) in [6.45, 7) is 1.42. The fourth-order valence-corrected chi connectivity index (χ4v) is 1.97. The zero-order valence-electron chi connectivity index (χ0n) is 12.3. The molecule has 5 nitrogen and oxygen atoms in total. The zero-order chi connectivity index (χ0) is 16.8. The molecule has 0 aliphatic carbocycles. The van der Waals surface area contributed by atoms with Gasteiger partial charge in [-0.2, -0.15) is 0 Å². The van der Waals surface area contributed by atoms with Crippen molar-refractivity contribution in [1.29, 1.82) is 0 Å². The number of benzene rings is 1. The number of anilines is 1. The predicted octanol–water partition coefficient (Wildman–Crippen LogP) is 2.99. The van der Waals surface area contributed by atoms with E-state index in [1.165, 1.54) is 31.3 Å². The number of nitrogens with zero attached hydrogens (tertiary/aromatic N) is 1. The van der Waals surface area contributed by atoms with Crippen LogP contribution in [-0.2, 0) is 20.7 Å².